The molecule has 0 aliphatic heterocycles. The number of nitriles is 1. The third-order valence-electron chi connectivity index (χ3n) is 4.63. The summed E-state index contributed by atoms with van der Waals surface area (Å²) in [6.45, 7) is 6.51. The zero-order chi connectivity index (χ0) is 22.1. The average molecular weight is 413 g/mol. The molecule has 3 aromatic rings. The van der Waals surface area contributed by atoms with Gasteiger partial charge in [0.05, 0.1) is 18.2 Å². The lowest BCUT2D eigenvalue weighted by Gasteiger charge is -2.17. The van der Waals surface area contributed by atoms with Crippen LogP contribution in [0.25, 0.3) is 11.6 Å². The molecule has 0 amide bonds. The molecule has 4 heteroatoms. The number of ether oxygens (including phenoxy) is 2. The summed E-state index contributed by atoms with van der Waals surface area (Å²) < 4.78 is 25.1. The largest absolute Gasteiger partial charge is 0.490 e. The summed E-state index contributed by atoms with van der Waals surface area (Å²) >= 11 is 0. The first-order valence-corrected chi connectivity index (χ1v) is 10.1. The first-order valence-electron chi connectivity index (χ1n) is 10.1. The van der Waals surface area contributed by atoms with Crippen molar-refractivity contribution in [3.8, 4) is 17.6 Å². The predicted molar refractivity (Wildman–Crippen MR) is 122 cm³/mol. The van der Waals surface area contributed by atoms with Gasteiger partial charge in [-0.05, 0) is 60.4 Å². The van der Waals surface area contributed by atoms with Crippen molar-refractivity contribution in [2.24, 2.45) is 0 Å². The standard InChI is InChI=1S/C27H24FNO2/c1-3-8-23-15-21(16-24(18-29)22-9-6-5-7-10-22)17-26(30-4-2)27(23)31-19-20-11-13-25(28)14-12-20/h3,5-7,9-17H,1,4,8,19H2,2H3/b24-16+. The van der Waals surface area contributed by atoms with Gasteiger partial charge in [-0.2, -0.15) is 5.26 Å². The number of hydrogen-bond donors (Lipinski definition) is 0. The molecule has 0 radical (unpaired) electrons. The van der Waals surface area contributed by atoms with Gasteiger partial charge in [-0.3, -0.25) is 0 Å². The van der Waals surface area contributed by atoms with E-state index in [1.165, 1.54) is 12.1 Å². The molecule has 0 unspecified atom stereocenters. The minimum absolute atomic E-state index is 0.283. The Bertz CT molecular complexity index is 1100. The molecule has 0 saturated heterocycles. The van der Waals surface area contributed by atoms with Crippen molar-refractivity contribution in [2.45, 2.75) is 20.0 Å². The zero-order valence-electron chi connectivity index (χ0n) is 17.5. The molecular formula is C27H24FNO2. The van der Waals surface area contributed by atoms with Gasteiger partial charge >= 0.3 is 0 Å². The number of hydrogen-bond acceptors (Lipinski definition) is 3. The maximum Gasteiger partial charge on any atom is 0.165 e. The molecule has 0 bridgehead atoms. The molecular weight excluding hydrogens is 389 g/mol. The molecule has 0 aromatic heterocycles. The lowest BCUT2D eigenvalue weighted by molar-refractivity contribution is 0.267. The van der Waals surface area contributed by atoms with Crippen molar-refractivity contribution < 1.29 is 13.9 Å². The van der Waals surface area contributed by atoms with E-state index in [-0.39, 0.29) is 12.4 Å². The van der Waals surface area contributed by atoms with Crippen molar-refractivity contribution in [3.63, 3.8) is 0 Å². The second kappa shape index (κ2) is 10.8. The van der Waals surface area contributed by atoms with Gasteiger partial charge in [0.15, 0.2) is 11.5 Å². The topological polar surface area (TPSA) is 42.2 Å². The summed E-state index contributed by atoms with van der Waals surface area (Å²) in [6, 6.07) is 21.9. The Labute approximate surface area is 182 Å². The molecule has 0 atom stereocenters. The van der Waals surface area contributed by atoms with E-state index in [2.05, 4.69) is 12.6 Å². The van der Waals surface area contributed by atoms with Crippen molar-refractivity contribution in [3.05, 3.63) is 107 Å². The molecule has 3 nitrogen and oxygen atoms in total. The fraction of sp³-hybridized carbons (Fsp3) is 0.148. The van der Waals surface area contributed by atoms with Crippen molar-refractivity contribution in [1.82, 2.24) is 0 Å². The van der Waals surface area contributed by atoms with E-state index in [9.17, 15) is 9.65 Å². The highest BCUT2D eigenvalue weighted by Gasteiger charge is 2.14. The highest BCUT2D eigenvalue weighted by Crippen LogP contribution is 2.36. The fourth-order valence-corrected chi connectivity index (χ4v) is 3.20. The molecule has 0 aliphatic rings. The number of rotatable bonds is 9. The van der Waals surface area contributed by atoms with Crippen LogP contribution in [0, 0.1) is 17.1 Å². The minimum atomic E-state index is -0.283. The van der Waals surface area contributed by atoms with Crippen LogP contribution in [0.1, 0.15) is 29.2 Å². The summed E-state index contributed by atoms with van der Waals surface area (Å²) in [6.07, 6.45) is 4.22. The van der Waals surface area contributed by atoms with Crippen molar-refractivity contribution in [1.29, 1.82) is 5.26 Å². The summed E-state index contributed by atoms with van der Waals surface area (Å²) in [7, 11) is 0. The fourth-order valence-electron chi connectivity index (χ4n) is 3.20. The third kappa shape index (κ3) is 5.83. The molecule has 0 heterocycles. The Morgan fingerprint density at radius 3 is 2.45 bits per heavy atom. The molecule has 3 rings (SSSR count). The SMILES string of the molecule is C=CCc1cc(/C=C(\C#N)c2ccccc2)cc(OCC)c1OCc1ccc(F)cc1. The summed E-state index contributed by atoms with van der Waals surface area (Å²) in [5.41, 5.74) is 4.01. The number of allylic oxidation sites excluding steroid dienone is 2. The van der Waals surface area contributed by atoms with Crippen LogP contribution in [0.15, 0.2) is 79.4 Å². The molecule has 0 aliphatic carbocycles. The van der Waals surface area contributed by atoms with E-state index < -0.39 is 0 Å². The maximum absolute atomic E-state index is 13.2. The van der Waals surface area contributed by atoms with Crippen LogP contribution in [0.5, 0.6) is 11.5 Å². The lowest BCUT2D eigenvalue weighted by Crippen LogP contribution is -2.03. The van der Waals surface area contributed by atoms with E-state index in [1.807, 2.05) is 55.5 Å². The van der Waals surface area contributed by atoms with Gasteiger partial charge < -0.3 is 9.47 Å². The van der Waals surface area contributed by atoms with Crippen LogP contribution in [0.2, 0.25) is 0 Å². The van der Waals surface area contributed by atoms with Crippen LogP contribution in [-0.4, -0.2) is 6.61 Å². The lowest BCUT2D eigenvalue weighted by atomic mass is 10.0. The highest BCUT2D eigenvalue weighted by molar-refractivity contribution is 5.90. The maximum atomic E-state index is 13.2. The second-order valence-corrected chi connectivity index (χ2v) is 6.88. The smallest absolute Gasteiger partial charge is 0.165 e. The van der Waals surface area contributed by atoms with E-state index in [0.717, 1.165) is 22.3 Å². The number of halogens is 1. The van der Waals surface area contributed by atoms with Crippen LogP contribution in [0.3, 0.4) is 0 Å². The molecule has 0 saturated carbocycles. The van der Waals surface area contributed by atoms with Crippen LogP contribution in [-0.2, 0) is 13.0 Å². The van der Waals surface area contributed by atoms with Crippen molar-refractivity contribution in [2.75, 3.05) is 6.61 Å². The molecule has 0 spiro atoms. The van der Waals surface area contributed by atoms with E-state index >= 15 is 0 Å². The van der Waals surface area contributed by atoms with Gasteiger partial charge in [-0.15, -0.1) is 6.58 Å². The van der Waals surface area contributed by atoms with Crippen molar-refractivity contribution >= 4 is 11.6 Å². The number of benzene rings is 3. The monoisotopic (exact) mass is 413 g/mol. The average Bonchev–Trinajstić information content (AvgIpc) is 2.79. The third-order valence-corrected chi connectivity index (χ3v) is 4.63. The summed E-state index contributed by atoms with van der Waals surface area (Å²) in [4.78, 5) is 0. The van der Waals surface area contributed by atoms with E-state index in [4.69, 9.17) is 9.47 Å². The second-order valence-electron chi connectivity index (χ2n) is 6.88. The van der Waals surface area contributed by atoms with Gasteiger partial charge in [-0.1, -0.05) is 48.5 Å². The Hall–Kier alpha value is -3.84. The Morgan fingerprint density at radius 1 is 1.06 bits per heavy atom. The Morgan fingerprint density at radius 2 is 1.81 bits per heavy atom. The molecule has 156 valence electrons. The molecule has 0 N–H and O–H groups in total. The number of nitrogens with zero attached hydrogens (tertiary/aromatic N) is 1. The van der Waals surface area contributed by atoms with E-state index in [0.29, 0.717) is 30.1 Å². The molecule has 0 fully saturated rings. The Balaban J connectivity index is 1.99. The molecule has 3 aromatic carbocycles. The van der Waals surface area contributed by atoms with Crippen LogP contribution < -0.4 is 9.47 Å². The van der Waals surface area contributed by atoms with Gasteiger partial charge in [0.1, 0.15) is 12.4 Å². The summed E-state index contributed by atoms with van der Waals surface area (Å²) in [5, 5.41) is 9.65. The zero-order valence-corrected chi connectivity index (χ0v) is 17.5. The van der Waals surface area contributed by atoms with Gasteiger partial charge in [-0.25, -0.2) is 4.39 Å². The van der Waals surface area contributed by atoms with Crippen LogP contribution >= 0.6 is 0 Å². The van der Waals surface area contributed by atoms with E-state index in [1.54, 1.807) is 18.2 Å². The van der Waals surface area contributed by atoms with Crippen LogP contribution in [0.4, 0.5) is 4.39 Å². The minimum Gasteiger partial charge on any atom is -0.490 e. The predicted octanol–water partition coefficient (Wildman–Crippen LogP) is 6.60. The molecule has 31 heavy (non-hydrogen) atoms. The van der Waals surface area contributed by atoms with Gasteiger partial charge in [0.25, 0.3) is 0 Å². The Kier molecular flexibility index (Phi) is 7.61. The first-order chi connectivity index (χ1) is 15.1. The summed E-state index contributed by atoms with van der Waals surface area (Å²) in [5.74, 6) is 0.941. The van der Waals surface area contributed by atoms with Gasteiger partial charge in [0.2, 0.25) is 0 Å². The van der Waals surface area contributed by atoms with Gasteiger partial charge in [0, 0.05) is 5.56 Å². The normalized spacial score (nSPS) is 10.9. The highest BCUT2D eigenvalue weighted by atomic mass is 19.1. The first kappa shape index (κ1) is 21.9. The quantitative estimate of drug-likeness (QED) is 0.226.